The third-order valence-electron chi connectivity index (χ3n) is 3.11. The van der Waals surface area contributed by atoms with Crippen LogP contribution in [0.25, 0.3) is 11.0 Å². The number of aromatic amines is 1. The van der Waals surface area contributed by atoms with E-state index in [1.807, 2.05) is 37.1 Å². The van der Waals surface area contributed by atoms with Crippen LogP contribution in [0.3, 0.4) is 0 Å². The predicted octanol–water partition coefficient (Wildman–Crippen LogP) is 1.82. The molecule has 3 heterocycles. The van der Waals surface area contributed by atoms with Crippen molar-refractivity contribution in [2.45, 2.75) is 13.5 Å². The van der Waals surface area contributed by atoms with Gasteiger partial charge in [0.25, 0.3) is 0 Å². The molecule has 0 saturated heterocycles. The number of anilines is 2. The van der Waals surface area contributed by atoms with E-state index < -0.39 is 0 Å². The molecule has 0 radical (unpaired) electrons. The number of H-pyrrole nitrogens is 1. The quantitative estimate of drug-likeness (QED) is 0.743. The highest BCUT2D eigenvalue weighted by atomic mass is 15.2. The Balaban J connectivity index is 1.96. The van der Waals surface area contributed by atoms with Gasteiger partial charge in [-0.25, -0.2) is 0 Å². The van der Waals surface area contributed by atoms with Crippen LogP contribution >= 0.6 is 0 Å². The normalized spacial score (nSPS) is 10.8. The van der Waals surface area contributed by atoms with Crippen LogP contribution in [-0.4, -0.2) is 38.7 Å². The molecule has 3 aromatic heterocycles. The van der Waals surface area contributed by atoms with Gasteiger partial charge in [-0.2, -0.15) is 15.1 Å². The third-order valence-corrected chi connectivity index (χ3v) is 3.11. The lowest BCUT2D eigenvalue weighted by Crippen LogP contribution is -2.19. The smallest absolute Gasteiger partial charge is 0.226 e. The zero-order valence-corrected chi connectivity index (χ0v) is 12.0. The van der Waals surface area contributed by atoms with Crippen LogP contribution in [-0.2, 0) is 6.54 Å². The Morgan fingerprint density at radius 1 is 1.29 bits per heavy atom. The van der Waals surface area contributed by atoms with Gasteiger partial charge in [-0.1, -0.05) is 6.07 Å². The van der Waals surface area contributed by atoms with E-state index in [4.69, 9.17) is 0 Å². The van der Waals surface area contributed by atoms with Gasteiger partial charge < -0.3 is 10.2 Å². The fourth-order valence-corrected chi connectivity index (χ4v) is 2.16. The Morgan fingerprint density at radius 3 is 2.95 bits per heavy atom. The Labute approximate surface area is 122 Å². The molecule has 7 heteroatoms. The predicted molar refractivity (Wildman–Crippen MR) is 82.2 cm³/mol. The summed E-state index contributed by atoms with van der Waals surface area (Å²) in [5.74, 6) is 1.42. The SMILES string of the molecule is CCNc1nc(N(C)Cc2ccccn2)c2cn[nH]c2n1. The van der Waals surface area contributed by atoms with E-state index in [0.29, 0.717) is 12.5 Å². The zero-order chi connectivity index (χ0) is 14.7. The van der Waals surface area contributed by atoms with Crippen LogP contribution in [0.1, 0.15) is 12.6 Å². The number of hydrogen-bond acceptors (Lipinski definition) is 6. The Bertz CT molecular complexity index is 723. The van der Waals surface area contributed by atoms with E-state index in [-0.39, 0.29) is 0 Å². The fourth-order valence-electron chi connectivity index (χ4n) is 2.16. The summed E-state index contributed by atoms with van der Waals surface area (Å²) in [6.45, 7) is 3.45. The molecule has 0 bridgehead atoms. The molecular formula is C14H17N7. The van der Waals surface area contributed by atoms with E-state index in [1.54, 1.807) is 12.4 Å². The molecule has 0 aliphatic rings. The molecular weight excluding hydrogens is 266 g/mol. The molecule has 3 rings (SSSR count). The van der Waals surface area contributed by atoms with Gasteiger partial charge in [-0.05, 0) is 19.1 Å². The summed E-state index contributed by atoms with van der Waals surface area (Å²) in [6.07, 6.45) is 3.54. The summed E-state index contributed by atoms with van der Waals surface area (Å²) in [5.41, 5.74) is 1.71. The van der Waals surface area contributed by atoms with E-state index in [1.165, 1.54) is 0 Å². The fraction of sp³-hybridized carbons (Fsp3) is 0.286. The molecule has 0 spiro atoms. The summed E-state index contributed by atoms with van der Waals surface area (Å²) in [7, 11) is 1.99. The van der Waals surface area contributed by atoms with Crippen molar-refractivity contribution < 1.29 is 0 Å². The van der Waals surface area contributed by atoms with E-state index in [9.17, 15) is 0 Å². The maximum atomic E-state index is 4.57. The van der Waals surface area contributed by atoms with Gasteiger partial charge in [0.2, 0.25) is 5.95 Å². The minimum absolute atomic E-state index is 0.595. The van der Waals surface area contributed by atoms with E-state index in [2.05, 4.69) is 30.5 Å². The van der Waals surface area contributed by atoms with Crippen LogP contribution in [0.4, 0.5) is 11.8 Å². The largest absolute Gasteiger partial charge is 0.354 e. The van der Waals surface area contributed by atoms with Gasteiger partial charge in [-0.15, -0.1) is 0 Å². The summed E-state index contributed by atoms with van der Waals surface area (Å²) in [6, 6.07) is 5.88. The Hall–Kier alpha value is -2.70. The maximum Gasteiger partial charge on any atom is 0.226 e. The summed E-state index contributed by atoms with van der Waals surface area (Å²) >= 11 is 0. The lowest BCUT2D eigenvalue weighted by atomic mass is 10.3. The second-order valence-corrected chi connectivity index (χ2v) is 4.71. The topological polar surface area (TPSA) is 82.6 Å². The number of nitrogens with one attached hydrogen (secondary N) is 2. The Morgan fingerprint density at radius 2 is 2.19 bits per heavy atom. The molecule has 108 valence electrons. The maximum absolute atomic E-state index is 4.57. The first-order valence-electron chi connectivity index (χ1n) is 6.84. The van der Waals surface area contributed by atoms with Crippen LogP contribution in [0.5, 0.6) is 0 Å². The summed E-state index contributed by atoms with van der Waals surface area (Å²) in [5, 5.41) is 11.0. The van der Waals surface area contributed by atoms with Gasteiger partial charge in [0.1, 0.15) is 5.82 Å². The van der Waals surface area contributed by atoms with Gasteiger partial charge in [-0.3, -0.25) is 10.1 Å². The average molecular weight is 283 g/mol. The number of nitrogens with zero attached hydrogens (tertiary/aromatic N) is 5. The molecule has 0 amide bonds. The van der Waals surface area contributed by atoms with Crippen LogP contribution < -0.4 is 10.2 Å². The molecule has 0 aromatic carbocycles. The lowest BCUT2D eigenvalue weighted by Gasteiger charge is -2.19. The van der Waals surface area contributed by atoms with Crippen molar-refractivity contribution in [2.75, 3.05) is 23.8 Å². The molecule has 21 heavy (non-hydrogen) atoms. The molecule has 3 aromatic rings. The molecule has 2 N–H and O–H groups in total. The van der Waals surface area contributed by atoms with Crippen molar-refractivity contribution in [3.8, 4) is 0 Å². The summed E-state index contributed by atoms with van der Waals surface area (Å²) in [4.78, 5) is 15.4. The second kappa shape index (κ2) is 5.74. The molecule has 0 aliphatic carbocycles. The molecule has 0 fully saturated rings. The first-order chi connectivity index (χ1) is 10.3. The van der Waals surface area contributed by atoms with Gasteiger partial charge in [0.15, 0.2) is 5.65 Å². The van der Waals surface area contributed by atoms with Gasteiger partial charge in [0, 0.05) is 19.8 Å². The van der Waals surface area contributed by atoms with Crippen molar-refractivity contribution in [3.05, 3.63) is 36.3 Å². The first-order valence-corrected chi connectivity index (χ1v) is 6.84. The van der Waals surface area contributed by atoms with Crippen molar-refractivity contribution in [3.63, 3.8) is 0 Å². The standard InChI is InChI=1S/C14H17N7/c1-3-15-14-18-12-11(8-17-20-12)13(19-14)21(2)9-10-6-4-5-7-16-10/h4-8H,3,9H2,1-2H3,(H2,15,17,18,19,20). The molecule has 0 saturated carbocycles. The lowest BCUT2D eigenvalue weighted by molar-refractivity contribution is 0.868. The minimum atomic E-state index is 0.595. The van der Waals surface area contributed by atoms with Crippen molar-refractivity contribution in [1.29, 1.82) is 0 Å². The molecule has 0 aliphatic heterocycles. The molecule has 0 atom stereocenters. The van der Waals surface area contributed by atoms with Gasteiger partial charge >= 0.3 is 0 Å². The monoisotopic (exact) mass is 283 g/mol. The van der Waals surface area contributed by atoms with Gasteiger partial charge in [0.05, 0.1) is 23.8 Å². The number of aromatic nitrogens is 5. The molecule has 0 unspecified atom stereocenters. The zero-order valence-electron chi connectivity index (χ0n) is 12.0. The second-order valence-electron chi connectivity index (χ2n) is 4.71. The summed E-state index contributed by atoms with van der Waals surface area (Å²) < 4.78 is 0. The van der Waals surface area contributed by atoms with E-state index >= 15 is 0 Å². The highest BCUT2D eigenvalue weighted by Crippen LogP contribution is 2.23. The van der Waals surface area contributed by atoms with E-state index in [0.717, 1.165) is 29.1 Å². The third kappa shape index (κ3) is 2.76. The Kier molecular flexibility index (Phi) is 3.63. The number of fused-ring (bicyclic) bond motifs is 1. The van der Waals surface area contributed by atoms with Crippen LogP contribution in [0, 0.1) is 0 Å². The highest BCUT2D eigenvalue weighted by Gasteiger charge is 2.13. The first kappa shape index (κ1) is 13.3. The number of rotatable bonds is 5. The number of pyridine rings is 1. The highest BCUT2D eigenvalue weighted by molar-refractivity contribution is 5.87. The van der Waals surface area contributed by atoms with Crippen molar-refractivity contribution >= 4 is 22.8 Å². The van der Waals surface area contributed by atoms with Crippen molar-refractivity contribution in [2.24, 2.45) is 0 Å². The van der Waals surface area contributed by atoms with Crippen molar-refractivity contribution in [1.82, 2.24) is 25.1 Å². The molecule has 7 nitrogen and oxygen atoms in total. The van der Waals surface area contributed by atoms with Crippen LogP contribution in [0.15, 0.2) is 30.6 Å². The number of hydrogen-bond donors (Lipinski definition) is 2. The van der Waals surface area contributed by atoms with Crippen LogP contribution in [0.2, 0.25) is 0 Å². The minimum Gasteiger partial charge on any atom is -0.354 e. The average Bonchev–Trinajstić information content (AvgIpc) is 2.96.